The number of rotatable bonds is 6. The van der Waals surface area contributed by atoms with Crippen molar-refractivity contribution in [2.75, 3.05) is 24.6 Å². The Hall–Kier alpha value is -2.77. The van der Waals surface area contributed by atoms with Crippen LogP contribution >= 0.6 is 0 Å². The third-order valence-electron chi connectivity index (χ3n) is 5.50. The molecule has 5 nitrogen and oxygen atoms in total. The van der Waals surface area contributed by atoms with Gasteiger partial charge in [-0.15, -0.1) is 0 Å². The van der Waals surface area contributed by atoms with Crippen LogP contribution in [0.3, 0.4) is 0 Å². The molecule has 1 N–H and O–H groups in total. The van der Waals surface area contributed by atoms with Gasteiger partial charge in [0.05, 0.1) is 5.56 Å². The van der Waals surface area contributed by atoms with Crippen molar-refractivity contribution in [1.29, 1.82) is 0 Å². The molecule has 168 valence electrons. The largest absolute Gasteiger partial charge is 0.483 e. The number of halogens is 3. The van der Waals surface area contributed by atoms with Gasteiger partial charge in [0.2, 0.25) is 0 Å². The van der Waals surface area contributed by atoms with Gasteiger partial charge >= 0.3 is 6.18 Å². The normalized spacial score (nSPS) is 15.3. The highest BCUT2D eigenvalue weighted by atomic mass is 19.4. The molecule has 1 aliphatic rings. The van der Waals surface area contributed by atoms with Gasteiger partial charge in [-0.1, -0.05) is 26.0 Å². The summed E-state index contributed by atoms with van der Waals surface area (Å²) < 4.78 is 43.8. The Labute approximate surface area is 180 Å². The molecule has 1 aliphatic heterocycles. The van der Waals surface area contributed by atoms with Crippen LogP contribution in [0.15, 0.2) is 36.5 Å². The summed E-state index contributed by atoms with van der Waals surface area (Å²) in [4.78, 5) is 18.2. The Morgan fingerprint density at radius 2 is 1.94 bits per heavy atom. The number of nitrogens with zero attached hydrogens (tertiary/aromatic N) is 2. The molecular formula is C23H28F3N3O2. The maximum absolute atomic E-state index is 12.7. The van der Waals surface area contributed by atoms with Gasteiger partial charge in [0.25, 0.3) is 5.91 Å². The molecule has 0 bridgehead atoms. The van der Waals surface area contributed by atoms with Crippen molar-refractivity contribution in [3.05, 3.63) is 53.2 Å². The fraction of sp³-hybridized carbons (Fsp3) is 0.478. The molecule has 0 aliphatic carbocycles. The summed E-state index contributed by atoms with van der Waals surface area (Å²) in [5, 5.41) is 2.99. The molecule has 2 aromatic rings. The van der Waals surface area contributed by atoms with Crippen molar-refractivity contribution >= 4 is 11.7 Å². The van der Waals surface area contributed by atoms with Crippen molar-refractivity contribution < 1.29 is 22.7 Å². The van der Waals surface area contributed by atoms with Crippen LogP contribution < -0.4 is 15.0 Å². The Bertz CT molecular complexity index is 890. The summed E-state index contributed by atoms with van der Waals surface area (Å²) >= 11 is 0. The minimum Gasteiger partial charge on any atom is -0.483 e. The second-order valence-electron chi connectivity index (χ2n) is 8.20. The third-order valence-corrected chi connectivity index (χ3v) is 5.50. The first-order chi connectivity index (χ1) is 14.6. The van der Waals surface area contributed by atoms with E-state index in [0.717, 1.165) is 23.4 Å². The highest BCUT2D eigenvalue weighted by Crippen LogP contribution is 2.30. The Morgan fingerprint density at radius 3 is 2.52 bits per heavy atom. The number of anilines is 1. The van der Waals surface area contributed by atoms with E-state index in [4.69, 9.17) is 4.74 Å². The van der Waals surface area contributed by atoms with Gasteiger partial charge in [-0.3, -0.25) is 4.79 Å². The van der Waals surface area contributed by atoms with Crippen LogP contribution in [-0.2, 0) is 11.0 Å². The van der Waals surface area contributed by atoms with Gasteiger partial charge in [-0.25, -0.2) is 4.98 Å². The summed E-state index contributed by atoms with van der Waals surface area (Å²) in [6, 6.07) is 8.47. The maximum Gasteiger partial charge on any atom is 0.417 e. The van der Waals surface area contributed by atoms with E-state index in [2.05, 4.69) is 30.2 Å². The number of aromatic nitrogens is 1. The molecule has 1 aromatic heterocycles. The fourth-order valence-corrected chi connectivity index (χ4v) is 3.54. The lowest BCUT2D eigenvalue weighted by Crippen LogP contribution is -2.46. The first-order valence-electron chi connectivity index (χ1n) is 10.4. The zero-order valence-corrected chi connectivity index (χ0v) is 18.0. The first kappa shape index (κ1) is 22.9. The van der Waals surface area contributed by atoms with Crippen LogP contribution in [0.4, 0.5) is 19.0 Å². The van der Waals surface area contributed by atoms with Crippen molar-refractivity contribution in [2.45, 2.75) is 51.7 Å². The van der Waals surface area contributed by atoms with Crippen LogP contribution in [0.5, 0.6) is 5.75 Å². The molecule has 8 heteroatoms. The van der Waals surface area contributed by atoms with E-state index in [9.17, 15) is 18.0 Å². The first-order valence-corrected chi connectivity index (χ1v) is 10.4. The summed E-state index contributed by atoms with van der Waals surface area (Å²) in [5.74, 6) is 1.42. The minimum absolute atomic E-state index is 0.00453. The van der Waals surface area contributed by atoms with Gasteiger partial charge in [0, 0.05) is 25.3 Å². The summed E-state index contributed by atoms with van der Waals surface area (Å²) in [7, 11) is 0. The van der Waals surface area contributed by atoms with E-state index in [1.165, 1.54) is 6.07 Å². The number of piperidine rings is 1. The van der Waals surface area contributed by atoms with Crippen molar-refractivity contribution in [2.24, 2.45) is 0 Å². The number of benzene rings is 1. The summed E-state index contributed by atoms with van der Waals surface area (Å²) in [6.45, 7) is 7.33. The number of pyridine rings is 1. The molecule has 0 unspecified atom stereocenters. The third kappa shape index (κ3) is 6.12. The molecule has 1 fully saturated rings. The zero-order chi connectivity index (χ0) is 22.6. The van der Waals surface area contributed by atoms with Crippen LogP contribution in [0, 0.1) is 6.92 Å². The molecule has 1 saturated heterocycles. The molecule has 3 rings (SSSR count). The molecule has 0 atom stereocenters. The molecule has 1 aromatic carbocycles. The Kier molecular flexibility index (Phi) is 7.08. The van der Waals surface area contributed by atoms with Crippen LogP contribution in [0.2, 0.25) is 0 Å². The number of ether oxygens (including phenoxy) is 1. The molecule has 1 amide bonds. The van der Waals surface area contributed by atoms with E-state index in [1.807, 2.05) is 24.0 Å². The smallest absolute Gasteiger partial charge is 0.417 e. The topological polar surface area (TPSA) is 54.5 Å². The number of carbonyl (C=O) groups is 1. The number of nitrogens with one attached hydrogen (secondary N) is 1. The van der Waals surface area contributed by atoms with E-state index in [1.54, 1.807) is 0 Å². The SMILES string of the molecule is Cc1ccc(C(C)C)cc1OCC(=O)NC1CCN(c2ccc(C(F)(F)F)cn2)CC1. The average molecular weight is 435 g/mol. The number of carbonyl (C=O) groups excluding carboxylic acids is 1. The average Bonchev–Trinajstić information content (AvgIpc) is 2.73. The minimum atomic E-state index is -4.39. The number of hydrogen-bond donors (Lipinski definition) is 1. The van der Waals surface area contributed by atoms with Crippen molar-refractivity contribution in [3.63, 3.8) is 0 Å². The van der Waals surface area contributed by atoms with Gasteiger partial charge in [-0.05, 0) is 55.0 Å². The standard InChI is InChI=1S/C23H28F3N3O2/c1-15(2)17-5-4-16(3)20(12-17)31-14-22(30)28-19-8-10-29(11-9-19)21-7-6-18(13-27-21)23(24,25)26/h4-7,12-13,15,19H,8-11,14H2,1-3H3,(H,28,30). The molecule has 0 spiro atoms. The lowest BCUT2D eigenvalue weighted by atomic mass is 10.0. The van der Waals surface area contributed by atoms with Gasteiger partial charge in [0.15, 0.2) is 6.61 Å². The molecule has 0 radical (unpaired) electrons. The zero-order valence-electron chi connectivity index (χ0n) is 18.0. The highest BCUT2D eigenvalue weighted by Gasteiger charge is 2.31. The van der Waals surface area contributed by atoms with E-state index in [0.29, 0.717) is 43.4 Å². The Morgan fingerprint density at radius 1 is 1.23 bits per heavy atom. The van der Waals surface area contributed by atoms with Gasteiger partial charge in [-0.2, -0.15) is 13.2 Å². The highest BCUT2D eigenvalue weighted by molar-refractivity contribution is 5.78. The second kappa shape index (κ2) is 9.58. The van der Waals surface area contributed by atoms with Crippen molar-refractivity contribution in [1.82, 2.24) is 10.3 Å². The predicted molar refractivity (Wildman–Crippen MR) is 113 cm³/mol. The van der Waals surface area contributed by atoms with Crippen LogP contribution in [-0.4, -0.2) is 36.6 Å². The summed E-state index contributed by atoms with van der Waals surface area (Å²) in [5.41, 5.74) is 1.38. The number of hydrogen-bond acceptors (Lipinski definition) is 4. The maximum atomic E-state index is 12.7. The molecule has 0 saturated carbocycles. The lowest BCUT2D eigenvalue weighted by Gasteiger charge is -2.33. The van der Waals surface area contributed by atoms with Crippen LogP contribution in [0.25, 0.3) is 0 Å². The van der Waals surface area contributed by atoms with Gasteiger partial charge < -0.3 is 15.0 Å². The fourth-order valence-electron chi connectivity index (χ4n) is 3.54. The molecular weight excluding hydrogens is 407 g/mol. The Balaban J connectivity index is 1.46. The number of alkyl halides is 3. The summed E-state index contributed by atoms with van der Waals surface area (Å²) in [6.07, 6.45) is -2.15. The number of aryl methyl sites for hydroxylation is 1. The van der Waals surface area contributed by atoms with Crippen molar-refractivity contribution in [3.8, 4) is 5.75 Å². The van der Waals surface area contributed by atoms with E-state index < -0.39 is 11.7 Å². The quantitative estimate of drug-likeness (QED) is 0.715. The second-order valence-corrected chi connectivity index (χ2v) is 8.20. The van der Waals surface area contributed by atoms with Gasteiger partial charge in [0.1, 0.15) is 11.6 Å². The van der Waals surface area contributed by atoms with E-state index >= 15 is 0 Å². The molecule has 31 heavy (non-hydrogen) atoms. The monoisotopic (exact) mass is 435 g/mol. The van der Waals surface area contributed by atoms with Crippen LogP contribution in [0.1, 0.15) is 49.3 Å². The lowest BCUT2D eigenvalue weighted by molar-refractivity contribution is -0.137. The number of amides is 1. The van der Waals surface area contributed by atoms with E-state index in [-0.39, 0.29) is 18.6 Å². The molecule has 2 heterocycles. The predicted octanol–water partition coefficient (Wildman–Crippen LogP) is 4.70.